The largest absolute Gasteiger partial charge is 0.352 e. The molecule has 0 unspecified atom stereocenters. The van der Waals surface area contributed by atoms with Gasteiger partial charge in [0.2, 0.25) is 11.8 Å². The minimum absolute atomic E-state index is 0.0445. The molecule has 0 fully saturated rings. The summed E-state index contributed by atoms with van der Waals surface area (Å²) in [4.78, 5) is 30.1. The van der Waals surface area contributed by atoms with Crippen molar-refractivity contribution < 1.29 is 18.0 Å². The zero-order valence-electron chi connectivity index (χ0n) is 27.0. The molecular weight excluding hydrogens is 618 g/mol. The second-order valence-electron chi connectivity index (χ2n) is 11.8. The average molecular weight is 660 g/mol. The number of halogens is 1. The van der Waals surface area contributed by atoms with Crippen LogP contribution in [0.25, 0.3) is 0 Å². The van der Waals surface area contributed by atoms with Crippen LogP contribution in [-0.2, 0) is 32.6 Å². The summed E-state index contributed by atoms with van der Waals surface area (Å²) in [6, 6.07) is 27.6. The molecule has 2 amide bonds. The molecule has 0 aliphatic carbocycles. The molecule has 0 bridgehead atoms. The first-order valence-electron chi connectivity index (χ1n) is 15.4. The van der Waals surface area contributed by atoms with Crippen LogP contribution in [-0.4, -0.2) is 43.8 Å². The van der Waals surface area contributed by atoms with E-state index in [4.69, 9.17) is 11.6 Å². The van der Waals surface area contributed by atoms with E-state index in [0.29, 0.717) is 11.4 Å². The van der Waals surface area contributed by atoms with E-state index in [1.165, 1.54) is 17.0 Å². The van der Waals surface area contributed by atoms with Crippen LogP contribution in [0.5, 0.6) is 0 Å². The molecule has 242 valence electrons. The molecule has 4 aromatic rings. The Morgan fingerprint density at radius 1 is 0.826 bits per heavy atom. The van der Waals surface area contributed by atoms with Gasteiger partial charge in [0.25, 0.3) is 10.0 Å². The number of carbonyl (C=O) groups excluding carboxylic acids is 2. The Kier molecular flexibility index (Phi) is 11.7. The van der Waals surface area contributed by atoms with Crippen LogP contribution in [0.4, 0.5) is 5.69 Å². The SMILES string of the molecule is CC[C@H](C)NC(=O)[C@@H](Cc1ccccc1)N(Cc1ccc(C)cc1)C(=O)CN(c1ccc(C)c(Cl)c1)S(=O)(=O)c1ccc(C)cc1. The highest BCUT2D eigenvalue weighted by molar-refractivity contribution is 7.92. The Labute approximate surface area is 278 Å². The van der Waals surface area contributed by atoms with Gasteiger partial charge in [-0.25, -0.2) is 8.42 Å². The molecule has 0 aliphatic rings. The van der Waals surface area contributed by atoms with Crippen LogP contribution in [0.15, 0.2) is 102 Å². The zero-order valence-corrected chi connectivity index (χ0v) is 28.6. The predicted molar refractivity (Wildman–Crippen MR) is 185 cm³/mol. The zero-order chi connectivity index (χ0) is 33.4. The molecular formula is C37H42ClN3O4S. The summed E-state index contributed by atoms with van der Waals surface area (Å²) in [6.45, 7) is 9.14. The van der Waals surface area contributed by atoms with Gasteiger partial charge in [-0.05, 0) is 75.1 Å². The van der Waals surface area contributed by atoms with Gasteiger partial charge >= 0.3 is 0 Å². The van der Waals surface area contributed by atoms with E-state index in [1.54, 1.807) is 30.3 Å². The Balaban J connectivity index is 1.82. The third-order valence-electron chi connectivity index (χ3n) is 8.08. The molecule has 0 aromatic heterocycles. The van der Waals surface area contributed by atoms with Gasteiger partial charge in [-0.1, -0.05) is 102 Å². The van der Waals surface area contributed by atoms with Gasteiger partial charge in [-0.2, -0.15) is 0 Å². The first-order chi connectivity index (χ1) is 21.9. The average Bonchev–Trinajstić information content (AvgIpc) is 3.04. The number of nitrogens with zero attached hydrogens (tertiary/aromatic N) is 2. The van der Waals surface area contributed by atoms with E-state index in [1.807, 2.05) is 89.2 Å². The lowest BCUT2D eigenvalue weighted by Gasteiger charge is -2.34. The number of nitrogens with one attached hydrogen (secondary N) is 1. The van der Waals surface area contributed by atoms with Crippen LogP contribution in [0.3, 0.4) is 0 Å². The number of benzene rings is 4. The van der Waals surface area contributed by atoms with Gasteiger partial charge in [-0.15, -0.1) is 0 Å². The van der Waals surface area contributed by atoms with Crippen molar-refractivity contribution in [3.63, 3.8) is 0 Å². The highest BCUT2D eigenvalue weighted by Crippen LogP contribution is 2.29. The van der Waals surface area contributed by atoms with Gasteiger partial charge in [0.1, 0.15) is 12.6 Å². The maximum absolute atomic E-state index is 14.6. The Morgan fingerprint density at radius 3 is 2.02 bits per heavy atom. The summed E-state index contributed by atoms with van der Waals surface area (Å²) in [5, 5.41) is 3.43. The number of amides is 2. The Bertz CT molecular complexity index is 1740. The summed E-state index contributed by atoms with van der Waals surface area (Å²) >= 11 is 6.47. The van der Waals surface area contributed by atoms with E-state index in [9.17, 15) is 18.0 Å². The van der Waals surface area contributed by atoms with Crippen molar-refractivity contribution in [3.8, 4) is 0 Å². The number of rotatable bonds is 13. The molecule has 2 atom stereocenters. The van der Waals surface area contributed by atoms with E-state index in [-0.39, 0.29) is 35.5 Å². The van der Waals surface area contributed by atoms with Gasteiger partial charge in [0.05, 0.1) is 10.6 Å². The van der Waals surface area contributed by atoms with Crippen molar-refractivity contribution in [3.05, 3.63) is 130 Å². The van der Waals surface area contributed by atoms with Crippen molar-refractivity contribution >= 4 is 39.1 Å². The standard InChI is InChI=1S/C37H42ClN3O4S/c1-6-29(5)39-37(43)35(22-30-10-8-7-9-11-30)40(24-31-17-12-26(2)13-18-31)36(42)25-41(32-19-16-28(4)34(38)23-32)46(44,45)33-20-14-27(3)15-21-33/h7-21,23,29,35H,6,22,24-25H2,1-5H3,(H,39,43)/t29-,35+/m0/s1. The first kappa shape index (κ1) is 34.7. The minimum Gasteiger partial charge on any atom is -0.352 e. The number of aryl methyl sites for hydroxylation is 3. The quantitative estimate of drug-likeness (QED) is 0.167. The van der Waals surface area contributed by atoms with E-state index in [0.717, 1.165) is 32.1 Å². The summed E-state index contributed by atoms with van der Waals surface area (Å²) in [5.74, 6) is -0.821. The Morgan fingerprint density at radius 2 is 1.43 bits per heavy atom. The van der Waals surface area contributed by atoms with E-state index < -0.39 is 28.5 Å². The number of anilines is 1. The second kappa shape index (κ2) is 15.4. The maximum atomic E-state index is 14.6. The third kappa shape index (κ3) is 8.77. The maximum Gasteiger partial charge on any atom is 0.264 e. The molecule has 1 N–H and O–H groups in total. The molecule has 0 radical (unpaired) electrons. The van der Waals surface area contributed by atoms with Crippen LogP contribution in [0, 0.1) is 20.8 Å². The van der Waals surface area contributed by atoms with Crippen LogP contribution >= 0.6 is 11.6 Å². The lowest BCUT2D eigenvalue weighted by Crippen LogP contribution is -2.54. The summed E-state index contributed by atoms with van der Waals surface area (Å²) < 4.78 is 29.5. The molecule has 0 heterocycles. The normalized spacial score (nSPS) is 12.7. The fraction of sp³-hybridized carbons (Fsp3) is 0.297. The molecule has 0 spiro atoms. The third-order valence-corrected chi connectivity index (χ3v) is 10.3. The van der Waals surface area contributed by atoms with Crippen LogP contribution in [0.2, 0.25) is 5.02 Å². The highest BCUT2D eigenvalue weighted by atomic mass is 35.5. The molecule has 46 heavy (non-hydrogen) atoms. The summed E-state index contributed by atoms with van der Waals surface area (Å²) in [5.41, 5.74) is 4.69. The summed E-state index contributed by atoms with van der Waals surface area (Å²) in [7, 11) is -4.21. The predicted octanol–water partition coefficient (Wildman–Crippen LogP) is 7.02. The smallest absolute Gasteiger partial charge is 0.264 e. The van der Waals surface area contributed by atoms with Gasteiger partial charge in [0.15, 0.2) is 0 Å². The van der Waals surface area contributed by atoms with Crippen LogP contribution < -0.4 is 9.62 Å². The van der Waals surface area contributed by atoms with Crippen molar-refractivity contribution in [2.75, 3.05) is 10.8 Å². The fourth-order valence-electron chi connectivity index (χ4n) is 4.99. The topological polar surface area (TPSA) is 86.8 Å². The van der Waals surface area contributed by atoms with Crippen molar-refractivity contribution in [1.29, 1.82) is 0 Å². The van der Waals surface area contributed by atoms with Crippen molar-refractivity contribution in [2.24, 2.45) is 0 Å². The lowest BCUT2D eigenvalue weighted by molar-refractivity contribution is -0.140. The van der Waals surface area contributed by atoms with Gasteiger partial charge in [-0.3, -0.25) is 13.9 Å². The lowest BCUT2D eigenvalue weighted by atomic mass is 10.0. The highest BCUT2D eigenvalue weighted by Gasteiger charge is 2.35. The number of carbonyl (C=O) groups is 2. The van der Waals surface area contributed by atoms with Crippen LogP contribution in [0.1, 0.15) is 48.1 Å². The number of hydrogen-bond donors (Lipinski definition) is 1. The monoisotopic (exact) mass is 659 g/mol. The molecule has 0 saturated heterocycles. The first-order valence-corrected chi connectivity index (χ1v) is 17.3. The van der Waals surface area contributed by atoms with Crippen molar-refractivity contribution in [1.82, 2.24) is 10.2 Å². The van der Waals surface area contributed by atoms with Gasteiger partial charge < -0.3 is 10.2 Å². The van der Waals surface area contributed by atoms with Gasteiger partial charge in [0, 0.05) is 24.0 Å². The second-order valence-corrected chi connectivity index (χ2v) is 14.1. The number of sulfonamides is 1. The molecule has 9 heteroatoms. The molecule has 0 saturated carbocycles. The summed E-state index contributed by atoms with van der Waals surface area (Å²) in [6.07, 6.45) is 0.967. The molecule has 4 aromatic carbocycles. The molecule has 0 aliphatic heterocycles. The molecule has 7 nitrogen and oxygen atoms in total. The fourth-order valence-corrected chi connectivity index (χ4v) is 6.57. The molecule has 4 rings (SSSR count). The van der Waals surface area contributed by atoms with E-state index >= 15 is 0 Å². The van der Waals surface area contributed by atoms with Crippen molar-refractivity contribution in [2.45, 2.75) is 71.0 Å². The Hall–Kier alpha value is -4.14. The minimum atomic E-state index is -4.21. The number of hydrogen-bond acceptors (Lipinski definition) is 4. The van der Waals surface area contributed by atoms with E-state index in [2.05, 4.69) is 5.32 Å².